The highest BCUT2D eigenvalue weighted by atomic mass is 32.2. The Morgan fingerprint density at radius 2 is 2.04 bits per heavy atom. The fraction of sp³-hybridized carbons (Fsp3) is 0.167. The lowest BCUT2D eigenvalue weighted by Gasteiger charge is -2.18. The van der Waals surface area contributed by atoms with Crippen LogP contribution in [0.5, 0.6) is 5.75 Å². The molecule has 0 unspecified atom stereocenters. The highest BCUT2D eigenvalue weighted by molar-refractivity contribution is 7.90. The molecule has 3 aromatic rings. The van der Waals surface area contributed by atoms with Gasteiger partial charge in [0, 0.05) is 11.8 Å². The van der Waals surface area contributed by atoms with Gasteiger partial charge in [0.1, 0.15) is 5.75 Å². The largest absolute Gasteiger partial charge is 0.482 e. The van der Waals surface area contributed by atoms with E-state index < -0.39 is 9.84 Å². The van der Waals surface area contributed by atoms with Gasteiger partial charge in [-0.2, -0.15) is 0 Å². The lowest BCUT2D eigenvalue weighted by atomic mass is 10.1. The van der Waals surface area contributed by atoms with Crippen molar-refractivity contribution in [2.75, 3.05) is 18.2 Å². The van der Waals surface area contributed by atoms with E-state index in [1.807, 2.05) is 0 Å². The Morgan fingerprint density at radius 3 is 2.81 bits per heavy atom. The number of carbonyl (C=O) groups is 2. The molecule has 1 N–H and O–H groups in total. The van der Waals surface area contributed by atoms with E-state index in [1.54, 1.807) is 36.4 Å². The topological polar surface area (TPSA) is 107 Å². The summed E-state index contributed by atoms with van der Waals surface area (Å²) in [6.07, 6.45) is 1.06. The van der Waals surface area contributed by atoms with Crippen LogP contribution in [0, 0.1) is 0 Å². The van der Waals surface area contributed by atoms with E-state index >= 15 is 0 Å². The quantitative estimate of drug-likeness (QED) is 0.685. The van der Waals surface area contributed by atoms with Crippen molar-refractivity contribution in [1.82, 2.24) is 9.55 Å². The lowest BCUT2D eigenvalue weighted by Crippen LogP contribution is -2.25. The van der Waals surface area contributed by atoms with Crippen molar-refractivity contribution in [2.24, 2.45) is 0 Å². The maximum Gasteiger partial charge on any atom is 0.262 e. The second kappa shape index (κ2) is 6.20. The zero-order valence-electron chi connectivity index (χ0n) is 14.3. The standard InChI is InChI=1S/C18H15N3O5S/c1-27(24,25)18-20-12-4-2-3-5-14(12)21(18)9-15(22)11-6-7-16-13(8-11)19-17(23)10-26-16/h2-8H,9-10H2,1H3,(H,19,23). The van der Waals surface area contributed by atoms with Gasteiger partial charge in [0.25, 0.3) is 5.91 Å². The van der Waals surface area contributed by atoms with Crippen LogP contribution in [-0.2, 0) is 21.2 Å². The number of para-hydroxylation sites is 2. The van der Waals surface area contributed by atoms with Crippen molar-refractivity contribution < 1.29 is 22.7 Å². The van der Waals surface area contributed by atoms with E-state index in [0.29, 0.717) is 28.0 Å². The summed E-state index contributed by atoms with van der Waals surface area (Å²) in [5, 5.41) is 2.49. The molecule has 0 spiro atoms. The zero-order chi connectivity index (χ0) is 19.2. The number of carbonyl (C=O) groups excluding carboxylic acids is 2. The second-order valence-corrected chi connectivity index (χ2v) is 8.12. The Balaban J connectivity index is 1.73. The number of nitrogens with zero attached hydrogens (tertiary/aromatic N) is 2. The van der Waals surface area contributed by atoms with E-state index in [1.165, 1.54) is 10.6 Å². The molecule has 8 nitrogen and oxygen atoms in total. The first-order valence-electron chi connectivity index (χ1n) is 8.08. The van der Waals surface area contributed by atoms with Crippen LogP contribution in [0.2, 0.25) is 0 Å². The number of aromatic nitrogens is 2. The second-order valence-electron chi connectivity index (χ2n) is 6.21. The monoisotopic (exact) mass is 385 g/mol. The molecule has 0 bridgehead atoms. The van der Waals surface area contributed by atoms with Gasteiger partial charge in [-0.3, -0.25) is 9.59 Å². The molecule has 4 rings (SSSR count). The Morgan fingerprint density at radius 1 is 1.26 bits per heavy atom. The number of fused-ring (bicyclic) bond motifs is 2. The molecular formula is C18H15N3O5S. The first kappa shape index (κ1) is 17.2. The summed E-state index contributed by atoms with van der Waals surface area (Å²) in [5.74, 6) is -0.131. The minimum Gasteiger partial charge on any atom is -0.482 e. The molecule has 2 aromatic carbocycles. The highest BCUT2D eigenvalue weighted by Gasteiger charge is 2.23. The molecule has 27 heavy (non-hydrogen) atoms. The third-order valence-electron chi connectivity index (χ3n) is 4.19. The third kappa shape index (κ3) is 3.17. The summed E-state index contributed by atoms with van der Waals surface area (Å²) >= 11 is 0. The number of Topliss-reactive ketones (excluding diaryl/α,β-unsaturated/α-hetero) is 1. The highest BCUT2D eigenvalue weighted by Crippen LogP contribution is 2.29. The average molecular weight is 385 g/mol. The number of ether oxygens (including phenoxy) is 1. The van der Waals surface area contributed by atoms with Crippen molar-refractivity contribution in [2.45, 2.75) is 11.7 Å². The van der Waals surface area contributed by atoms with Crippen molar-refractivity contribution in [1.29, 1.82) is 0 Å². The first-order chi connectivity index (χ1) is 12.8. The van der Waals surface area contributed by atoms with Gasteiger partial charge in [-0.25, -0.2) is 13.4 Å². The van der Waals surface area contributed by atoms with Crippen molar-refractivity contribution >= 4 is 38.2 Å². The number of rotatable bonds is 4. The number of benzene rings is 2. The maximum absolute atomic E-state index is 12.8. The van der Waals surface area contributed by atoms with Crippen LogP contribution < -0.4 is 10.1 Å². The van der Waals surface area contributed by atoms with Crippen LogP contribution in [0.15, 0.2) is 47.6 Å². The summed E-state index contributed by atoms with van der Waals surface area (Å²) in [7, 11) is -3.62. The van der Waals surface area contributed by atoms with E-state index in [4.69, 9.17) is 4.74 Å². The molecule has 0 saturated carbocycles. The van der Waals surface area contributed by atoms with E-state index in [9.17, 15) is 18.0 Å². The predicted molar refractivity (Wildman–Crippen MR) is 97.7 cm³/mol. The van der Waals surface area contributed by atoms with Crippen LogP contribution in [0.4, 0.5) is 5.69 Å². The van der Waals surface area contributed by atoms with Gasteiger partial charge in [-0.05, 0) is 30.3 Å². The number of imidazole rings is 1. The molecular weight excluding hydrogens is 370 g/mol. The molecule has 1 amide bonds. The number of anilines is 1. The minimum atomic E-state index is -3.62. The molecule has 0 aliphatic carbocycles. The van der Waals surface area contributed by atoms with Gasteiger partial charge in [-0.1, -0.05) is 12.1 Å². The fourth-order valence-electron chi connectivity index (χ4n) is 2.98. The van der Waals surface area contributed by atoms with Gasteiger partial charge in [-0.15, -0.1) is 0 Å². The van der Waals surface area contributed by atoms with E-state index in [-0.39, 0.29) is 30.0 Å². The zero-order valence-corrected chi connectivity index (χ0v) is 15.1. The molecule has 0 saturated heterocycles. The SMILES string of the molecule is CS(=O)(=O)c1nc2ccccc2n1CC(=O)c1ccc2c(c1)NC(=O)CO2. The lowest BCUT2D eigenvalue weighted by molar-refractivity contribution is -0.118. The molecule has 1 aliphatic rings. The molecule has 0 radical (unpaired) electrons. The molecule has 1 aliphatic heterocycles. The predicted octanol–water partition coefficient (Wildman–Crippen LogP) is 1.65. The molecule has 0 atom stereocenters. The Hall–Kier alpha value is -3.20. The van der Waals surface area contributed by atoms with E-state index in [0.717, 1.165) is 6.26 Å². The van der Waals surface area contributed by atoms with Crippen LogP contribution in [0.25, 0.3) is 11.0 Å². The average Bonchev–Trinajstić information content (AvgIpc) is 3.00. The Bertz CT molecular complexity index is 1200. The number of hydrogen-bond donors (Lipinski definition) is 1. The van der Waals surface area contributed by atoms with Crippen LogP contribution in [-0.4, -0.2) is 42.5 Å². The maximum atomic E-state index is 12.8. The fourth-order valence-corrected chi connectivity index (χ4v) is 3.81. The van der Waals surface area contributed by atoms with Gasteiger partial charge in [0.05, 0.1) is 23.3 Å². The summed E-state index contributed by atoms with van der Waals surface area (Å²) in [6, 6.07) is 11.6. The van der Waals surface area contributed by atoms with Crippen LogP contribution in [0.1, 0.15) is 10.4 Å². The number of amides is 1. The molecule has 138 valence electrons. The number of ketones is 1. The Kier molecular flexibility index (Phi) is 3.96. The molecule has 2 heterocycles. The molecule has 1 aromatic heterocycles. The van der Waals surface area contributed by atoms with Gasteiger partial charge >= 0.3 is 0 Å². The summed E-state index contributed by atoms with van der Waals surface area (Å²) in [4.78, 5) is 28.4. The Labute approximate surface area is 154 Å². The number of nitrogens with one attached hydrogen (secondary N) is 1. The summed E-state index contributed by atoms with van der Waals surface area (Å²) in [5.41, 5.74) is 1.80. The molecule has 9 heteroatoms. The first-order valence-corrected chi connectivity index (χ1v) is 9.97. The third-order valence-corrected chi connectivity index (χ3v) is 5.16. The summed E-state index contributed by atoms with van der Waals surface area (Å²) in [6.45, 7) is -0.268. The van der Waals surface area contributed by atoms with Crippen molar-refractivity contribution in [3.05, 3.63) is 48.0 Å². The smallest absolute Gasteiger partial charge is 0.262 e. The van der Waals surface area contributed by atoms with Gasteiger partial charge < -0.3 is 14.6 Å². The summed E-state index contributed by atoms with van der Waals surface area (Å²) < 4.78 is 30.9. The van der Waals surface area contributed by atoms with Crippen LogP contribution in [0.3, 0.4) is 0 Å². The van der Waals surface area contributed by atoms with E-state index in [2.05, 4.69) is 10.3 Å². The van der Waals surface area contributed by atoms with Crippen molar-refractivity contribution in [3.8, 4) is 5.75 Å². The minimum absolute atomic E-state index is 0.0704. The van der Waals surface area contributed by atoms with Gasteiger partial charge in [0.2, 0.25) is 15.0 Å². The van der Waals surface area contributed by atoms with Gasteiger partial charge in [0.15, 0.2) is 12.4 Å². The number of sulfone groups is 1. The van der Waals surface area contributed by atoms with Crippen molar-refractivity contribution in [3.63, 3.8) is 0 Å². The number of hydrogen-bond acceptors (Lipinski definition) is 6. The van der Waals surface area contributed by atoms with Crippen LogP contribution >= 0.6 is 0 Å². The normalized spacial score (nSPS) is 13.7. The molecule has 0 fully saturated rings.